The Bertz CT molecular complexity index is 1330. The molecule has 0 spiro atoms. The number of rotatable bonds is 7. The Kier molecular flexibility index (Phi) is 5.75. The van der Waals surface area contributed by atoms with Crippen molar-refractivity contribution < 1.29 is 17.9 Å². The van der Waals surface area contributed by atoms with Crippen molar-refractivity contribution in [3.05, 3.63) is 46.2 Å². The number of fused-ring (bicyclic) bond motifs is 1. The molecule has 0 unspecified atom stereocenters. The van der Waals surface area contributed by atoms with E-state index in [4.69, 9.17) is 21.6 Å². The van der Waals surface area contributed by atoms with Crippen LogP contribution in [0.4, 0.5) is 5.82 Å². The van der Waals surface area contributed by atoms with Gasteiger partial charge in [-0.1, -0.05) is 5.92 Å². The molecule has 2 aliphatic rings. The van der Waals surface area contributed by atoms with E-state index in [1.165, 1.54) is 25.1 Å². The molecule has 2 aromatic rings. The highest BCUT2D eigenvalue weighted by Gasteiger charge is 2.22. The zero-order chi connectivity index (χ0) is 22.0. The molecule has 12 heteroatoms. The number of thioether (sulfide) groups is 1. The van der Waals surface area contributed by atoms with Gasteiger partial charge in [0.2, 0.25) is 16.8 Å². The van der Waals surface area contributed by atoms with Crippen LogP contribution in [0.15, 0.2) is 51.4 Å². The summed E-state index contributed by atoms with van der Waals surface area (Å²) < 4.78 is 38.5. The van der Waals surface area contributed by atoms with Gasteiger partial charge in [-0.15, -0.1) is 12.2 Å². The second-order valence-corrected chi connectivity index (χ2v) is 9.43. The molecule has 1 aliphatic heterocycles. The lowest BCUT2D eigenvalue weighted by atomic mass is 10.2. The van der Waals surface area contributed by atoms with Gasteiger partial charge >= 0.3 is 0 Å². The Labute approximate surface area is 183 Å². The van der Waals surface area contributed by atoms with Gasteiger partial charge in [0.25, 0.3) is 0 Å². The average Bonchev–Trinajstić information content (AvgIpc) is 3.30. The van der Waals surface area contributed by atoms with Gasteiger partial charge in [-0.25, -0.2) is 28.1 Å². The van der Waals surface area contributed by atoms with Crippen LogP contribution in [0.2, 0.25) is 0 Å². The van der Waals surface area contributed by atoms with Crippen LogP contribution in [0, 0.1) is 12.3 Å². The third kappa shape index (κ3) is 4.30. The molecule has 10 nitrogen and oxygen atoms in total. The predicted molar refractivity (Wildman–Crippen MR) is 116 cm³/mol. The number of hydrogen-bond acceptors (Lipinski definition) is 9. The normalized spacial score (nSPS) is 15.6. The number of nitrogens with two attached hydrogens (primary N) is 1. The van der Waals surface area contributed by atoms with Crippen molar-refractivity contribution in [3.8, 4) is 12.3 Å². The Balaban J connectivity index is 1.70. The smallest absolute Gasteiger partial charge is 0.231 e. The maximum atomic E-state index is 11.8. The lowest BCUT2D eigenvalue weighted by Crippen LogP contribution is -2.22. The van der Waals surface area contributed by atoms with Crippen LogP contribution in [0.3, 0.4) is 0 Å². The van der Waals surface area contributed by atoms with Crippen molar-refractivity contribution in [2.75, 3.05) is 25.3 Å². The van der Waals surface area contributed by atoms with Crippen LogP contribution in [0.5, 0.6) is 0 Å². The first kappa shape index (κ1) is 21.0. The van der Waals surface area contributed by atoms with Crippen molar-refractivity contribution in [3.63, 3.8) is 0 Å². The monoisotopic (exact) mass is 458 g/mol. The van der Waals surface area contributed by atoms with Gasteiger partial charge in [-0.2, -0.15) is 0 Å². The molecule has 1 aliphatic carbocycles. The Hall–Kier alpha value is -3.23. The third-order valence-electron chi connectivity index (χ3n) is 4.51. The van der Waals surface area contributed by atoms with Crippen molar-refractivity contribution in [2.45, 2.75) is 18.1 Å². The van der Waals surface area contributed by atoms with Gasteiger partial charge in [0.15, 0.2) is 33.7 Å². The molecular formula is C19H18N6O4S2. The number of hydrogen-bond donors (Lipinski definition) is 2. The number of terminal acetylenes is 1. The van der Waals surface area contributed by atoms with E-state index in [-0.39, 0.29) is 18.4 Å². The van der Waals surface area contributed by atoms with E-state index in [1.807, 2.05) is 0 Å². The number of allylic oxidation sites excluding steroid dienone is 2. The standard InChI is InChI=1S/C19H18N6O4S2/c1-3-12-9-14-13(28-11-29-14)5-6-15(12)30-19-24-16-17(20)22-10-23-18(16)25(19)7-4-8-31(26,27)21-2/h1,5,9-10,21H,4,7-8,11H2,2H3,(H2,20,22,23). The summed E-state index contributed by atoms with van der Waals surface area (Å²) >= 11 is 1.26. The number of aromatic nitrogens is 4. The molecule has 0 saturated carbocycles. The molecule has 31 heavy (non-hydrogen) atoms. The lowest BCUT2D eigenvalue weighted by Gasteiger charge is -2.09. The summed E-state index contributed by atoms with van der Waals surface area (Å²) in [6, 6.07) is 0. The zero-order valence-electron chi connectivity index (χ0n) is 16.5. The number of ether oxygens (including phenoxy) is 2. The quantitative estimate of drug-likeness (QED) is 0.464. The summed E-state index contributed by atoms with van der Waals surface area (Å²) in [4.78, 5) is 13.5. The van der Waals surface area contributed by atoms with Gasteiger partial charge in [0.1, 0.15) is 6.33 Å². The fourth-order valence-corrected chi connectivity index (χ4v) is 4.61. The highest BCUT2D eigenvalue weighted by Crippen LogP contribution is 2.36. The zero-order valence-corrected chi connectivity index (χ0v) is 18.1. The largest absolute Gasteiger partial charge is 0.454 e. The molecule has 3 heterocycles. The van der Waals surface area contributed by atoms with Crippen LogP contribution in [-0.4, -0.2) is 47.5 Å². The third-order valence-corrected chi connectivity index (χ3v) is 6.99. The topological polar surface area (TPSA) is 134 Å². The summed E-state index contributed by atoms with van der Waals surface area (Å²) in [7, 11) is -1.96. The van der Waals surface area contributed by atoms with E-state index in [1.54, 1.807) is 16.7 Å². The molecular weight excluding hydrogens is 440 g/mol. The first-order chi connectivity index (χ1) is 14.9. The van der Waals surface area contributed by atoms with E-state index in [0.717, 1.165) is 0 Å². The molecule has 0 saturated heterocycles. The molecule has 0 radical (unpaired) electrons. The van der Waals surface area contributed by atoms with Crippen LogP contribution in [0.25, 0.3) is 11.2 Å². The van der Waals surface area contributed by atoms with E-state index < -0.39 is 10.0 Å². The van der Waals surface area contributed by atoms with Crippen LogP contribution in [-0.2, 0) is 26.0 Å². The number of nitrogen functional groups attached to an aromatic ring is 1. The van der Waals surface area contributed by atoms with Crippen LogP contribution in [0.1, 0.15) is 6.42 Å². The van der Waals surface area contributed by atoms with Crippen LogP contribution >= 0.6 is 11.8 Å². The number of imidazole rings is 1. The number of anilines is 1. The first-order valence-electron chi connectivity index (χ1n) is 9.13. The summed E-state index contributed by atoms with van der Waals surface area (Å²) in [5.74, 6) is 3.91. The maximum Gasteiger partial charge on any atom is 0.231 e. The molecule has 2 aromatic heterocycles. The minimum Gasteiger partial charge on any atom is -0.454 e. The van der Waals surface area contributed by atoms with Crippen LogP contribution < -0.4 is 10.5 Å². The van der Waals surface area contributed by atoms with Gasteiger partial charge in [-0.05, 0) is 25.2 Å². The van der Waals surface area contributed by atoms with Gasteiger partial charge in [0, 0.05) is 24.3 Å². The van der Waals surface area contributed by atoms with E-state index in [0.29, 0.717) is 51.3 Å². The molecule has 0 fully saturated rings. The minimum atomic E-state index is -3.34. The SMILES string of the molecule is C#CC1=CC2=C(C=C=C1Sc1nc3c(N)ncnc3n1CCCS(=O)(=O)NC)OCO2. The fourth-order valence-electron chi connectivity index (χ4n) is 2.94. The molecule has 0 bridgehead atoms. The van der Waals surface area contributed by atoms with Gasteiger partial charge in [-0.3, -0.25) is 0 Å². The van der Waals surface area contributed by atoms with Crippen molar-refractivity contribution in [2.24, 2.45) is 0 Å². The fraction of sp³-hybridized carbons (Fsp3) is 0.263. The van der Waals surface area contributed by atoms with Crippen molar-refractivity contribution in [1.29, 1.82) is 0 Å². The average molecular weight is 459 g/mol. The number of nitrogens with one attached hydrogen (secondary N) is 1. The number of sulfonamides is 1. The summed E-state index contributed by atoms with van der Waals surface area (Å²) in [6.45, 7) is 0.478. The number of aryl methyl sites for hydroxylation is 1. The molecule has 3 N–H and O–H groups in total. The summed E-state index contributed by atoms with van der Waals surface area (Å²) in [5.41, 5.74) is 10.6. The molecule has 0 atom stereocenters. The van der Waals surface area contributed by atoms with E-state index in [9.17, 15) is 8.42 Å². The molecule has 160 valence electrons. The highest BCUT2D eigenvalue weighted by molar-refractivity contribution is 8.03. The molecule has 0 aromatic carbocycles. The Morgan fingerprint density at radius 1 is 1.39 bits per heavy atom. The Morgan fingerprint density at radius 3 is 2.97 bits per heavy atom. The second-order valence-electron chi connectivity index (χ2n) is 6.41. The van der Waals surface area contributed by atoms with E-state index in [2.05, 4.69) is 31.3 Å². The van der Waals surface area contributed by atoms with Gasteiger partial charge in [0.05, 0.1) is 10.7 Å². The highest BCUT2D eigenvalue weighted by atomic mass is 32.2. The van der Waals surface area contributed by atoms with E-state index >= 15 is 0 Å². The van der Waals surface area contributed by atoms with Crippen molar-refractivity contribution in [1.82, 2.24) is 24.2 Å². The predicted octanol–water partition coefficient (Wildman–Crippen LogP) is 1.27. The summed E-state index contributed by atoms with van der Waals surface area (Å²) in [6.07, 6.45) is 10.8. The first-order valence-corrected chi connectivity index (χ1v) is 11.6. The Morgan fingerprint density at radius 2 is 2.19 bits per heavy atom. The maximum absolute atomic E-state index is 11.8. The lowest BCUT2D eigenvalue weighted by molar-refractivity contribution is 0.0777. The minimum absolute atomic E-state index is 0.0444. The second kappa shape index (κ2) is 8.49. The van der Waals surface area contributed by atoms with Crippen molar-refractivity contribution >= 4 is 38.8 Å². The molecule has 4 rings (SSSR count). The molecule has 0 amide bonds. The summed E-state index contributed by atoms with van der Waals surface area (Å²) in [5, 5.41) is 0.532. The van der Waals surface area contributed by atoms with Gasteiger partial charge < -0.3 is 19.8 Å². The number of nitrogens with zero attached hydrogens (tertiary/aromatic N) is 4.